The Kier molecular flexibility index (Phi) is 6.43. The van der Waals surface area contributed by atoms with Crippen LogP contribution in [-0.4, -0.2) is 33.8 Å². The molecule has 2 heterocycles. The molecule has 4 rings (SSSR count). The first-order valence-electron chi connectivity index (χ1n) is 8.18. The maximum Gasteiger partial charge on any atom is 0.228 e. The summed E-state index contributed by atoms with van der Waals surface area (Å²) < 4.78 is 1.78. The van der Waals surface area contributed by atoms with E-state index in [9.17, 15) is 4.79 Å². The first kappa shape index (κ1) is 19.7. The number of aromatic nitrogens is 3. The van der Waals surface area contributed by atoms with Crippen molar-refractivity contribution in [2.75, 3.05) is 18.4 Å². The van der Waals surface area contributed by atoms with Crippen molar-refractivity contribution in [2.45, 2.75) is 25.8 Å². The molecule has 1 saturated heterocycles. The number of anilines is 1. The zero-order chi connectivity index (χ0) is 15.7. The minimum Gasteiger partial charge on any atom is -0.326 e. The van der Waals surface area contributed by atoms with Crippen LogP contribution in [0.25, 0.3) is 0 Å². The molecule has 1 aromatic heterocycles. The van der Waals surface area contributed by atoms with Gasteiger partial charge >= 0.3 is 0 Å². The molecule has 1 atom stereocenters. The largest absolute Gasteiger partial charge is 0.326 e. The van der Waals surface area contributed by atoms with Crippen molar-refractivity contribution in [1.29, 1.82) is 0 Å². The van der Waals surface area contributed by atoms with Gasteiger partial charge in [0.1, 0.15) is 12.7 Å². The fourth-order valence-electron chi connectivity index (χ4n) is 3.62. The number of piperidine rings is 1. The van der Waals surface area contributed by atoms with E-state index in [-0.39, 0.29) is 42.1 Å². The lowest BCUT2D eigenvalue weighted by Gasteiger charge is -2.23. The van der Waals surface area contributed by atoms with Gasteiger partial charge in [-0.05, 0) is 55.5 Å². The van der Waals surface area contributed by atoms with Gasteiger partial charge in [-0.3, -0.25) is 4.79 Å². The zero-order valence-corrected chi connectivity index (χ0v) is 15.5. The second-order valence-corrected chi connectivity index (χ2v) is 6.65. The fraction of sp³-hybridized carbons (Fsp3) is 0.471. The van der Waals surface area contributed by atoms with Gasteiger partial charge in [-0.15, -0.1) is 24.8 Å². The standard InChI is InChI=1S/C17H21N5O.2ClH/c23-16(15-9-17(15)5-7-18-8-6-17)21-14-3-1-13(2-4-14)10-22-12-19-11-20-22;;/h1-4,11-12,15,18H,5-10H2,(H,21,23);2*1H. The SMILES string of the molecule is Cl.Cl.O=C(Nc1ccc(Cn2cncn2)cc1)C1CC12CCNCC2. The van der Waals surface area contributed by atoms with E-state index >= 15 is 0 Å². The second kappa shape index (κ2) is 8.17. The number of benzene rings is 1. The van der Waals surface area contributed by atoms with E-state index < -0.39 is 0 Å². The molecule has 6 nitrogen and oxygen atoms in total. The van der Waals surface area contributed by atoms with Crippen LogP contribution in [0.1, 0.15) is 24.8 Å². The summed E-state index contributed by atoms with van der Waals surface area (Å²) >= 11 is 0. The lowest BCUT2D eigenvalue weighted by atomic mass is 9.92. The Balaban J connectivity index is 0.00000113. The minimum absolute atomic E-state index is 0. The average molecular weight is 384 g/mol. The van der Waals surface area contributed by atoms with E-state index in [1.807, 2.05) is 24.3 Å². The van der Waals surface area contributed by atoms with Crippen molar-refractivity contribution < 1.29 is 4.79 Å². The number of nitrogens with zero attached hydrogens (tertiary/aromatic N) is 3. The lowest BCUT2D eigenvalue weighted by Crippen LogP contribution is -2.31. The highest BCUT2D eigenvalue weighted by molar-refractivity contribution is 5.95. The number of hydrogen-bond donors (Lipinski definition) is 2. The third-order valence-electron chi connectivity index (χ3n) is 5.14. The Labute approximate surface area is 159 Å². The van der Waals surface area contributed by atoms with Gasteiger partial charge in [0.15, 0.2) is 0 Å². The normalized spacial score (nSPS) is 20.2. The lowest BCUT2D eigenvalue weighted by molar-refractivity contribution is -0.118. The molecule has 2 N–H and O–H groups in total. The molecule has 1 spiro atoms. The molecular formula is C17H23Cl2N5O. The molecule has 2 aliphatic rings. The van der Waals surface area contributed by atoms with Crippen LogP contribution in [-0.2, 0) is 11.3 Å². The Morgan fingerprint density at radius 3 is 2.60 bits per heavy atom. The highest BCUT2D eigenvalue weighted by Gasteiger charge is 2.57. The van der Waals surface area contributed by atoms with Crippen molar-refractivity contribution >= 4 is 36.4 Å². The molecule has 1 amide bonds. The van der Waals surface area contributed by atoms with Crippen LogP contribution >= 0.6 is 24.8 Å². The summed E-state index contributed by atoms with van der Waals surface area (Å²) in [7, 11) is 0. The average Bonchev–Trinajstić information content (AvgIpc) is 3.02. The van der Waals surface area contributed by atoms with Crippen LogP contribution in [0, 0.1) is 11.3 Å². The maximum atomic E-state index is 12.4. The monoisotopic (exact) mass is 383 g/mol. The summed E-state index contributed by atoms with van der Waals surface area (Å²) in [5.41, 5.74) is 2.28. The van der Waals surface area contributed by atoms with Gasteiger partial charge in [-0.2, -0.15) is 5.10 Å². The molecule has 0 bridgehead atoms. The van der Waals surface area contributed by atoms with E-state index in [4.69, 9.17) is 0 Å². The van der Waals surface area contributed by atoms with E-state index in [2.05, 4.69) is 20.7 Å². The van der Waals surface area contributed by atoms with Crippen molar-refractivity contribution in [3.63, 3.8) is 0 Å². The molecular weight excluding hydrogens is 361 g/mol. The van der Waals surface area contributed by atoms with Crippen LogP contribution < -0.4 is 10.6 Å². The summed E-state index contributed by atoms with van der Waals surface area (Å²) in [6.45, 7) is 2.77. The van der Waals surface area contributed by atoms with Crippen molar-refractivity contribution in [2.24, 2.45) is 11.3 Å². The van der Waals surface area contributed by atoms with Crippen LogP contribution in [0.3, 0.4) is 0 Å². The van der Waals surface area contributed by atoms with Gasteiger partial charge in [-0.25, -0.2) is 9.67 Å². The first-order valence-corrected chi connectivity index (χ1v) is 8.18. The number of amides is 1. The van der Waals surface area contributed by atoms with Gasteiger partial charge < -0.3 is 10.6 Å². The second-order valence-electron chi connectivity index (χ2n) is 6.65. The van der Waals surface area contributed by atoms with E-state index in [0.29, 0.717) is 6.54 Å². The van der Waals surface area contributed by atoms with Crippen molar-refractivity contribution in [3.8, 4) is 0 Å². The number of rotatable bonds is 4. The van der Waals surface area contributed by atoms with Gasteiger partial charge in [-0.1, -0.05) is 12.1 Å². The van der Waals surface area contributed by atoms with Crippen LogP contribution in [0.4, 0.5) is 5.69 Å². The van der Waals surface area contributed by atoms with E-state index in [1.165, 1.54) is 6.33 Å². The predicted molar refractivity (Wildman–Crippen MR) is 101 cm³/mol. The molecule has 2 aromatic rings. The molecule has 1 unspecified atom stereocenters. The first-order chi connectivity index (χ1) is 11.3. The molecule has 136 valence electrons. The Bertz CT molecular complexity index is 684. The van der Waals surface area contributed by atoms with Gasteiger partial charge in [0, 0.05) is 11.6 Å². The molecule has 1 aliphatic heterocycles. The number of halogens is 2. The number of carbonyl (C=O) groups is 1. The number of nitrogens with one attached hydrogen (secondary N) is 2. The van der Waals surface area contributed by atoms with E-state index in [0.717, 1.165) is 43.6 Å². The minimum atomic E-state index is 0. The topological polar surface area (TPSA) is 71.8 Å². The van der Waals surface area contributed by atoms with Crippen molar-refractivity contribution in [3.05, 3.63) is 42.5 Å². The summed E-state index contributed by atoms with van der Waals surface area (Å²) in [6, 6.07) is 7.96. The number of hydrogen-bond acceptors (Lipinski definition) is 4. The fourth-order valence-corrected chi connectivity index (χ4v) is 3.62. The Morgan fingerprint density at radius 1 is 1.24 bits per heavy atom. The third-order valence-corrected chi connectivity index (χ3v) is 5.14. The van der Waals surface area contributed by atoms with Crippen LogP contribution in [0.2, 0.25) is 0 Å². The summed E-state index contributed by atoms with van der Waals surface area (Å²) in [4.78, 5) is 16.4. The Morgan fingerprint density at radius 2 is 1.96 bits per heavy atom. The van der Waals surface area contributed by atoms with Crippen LogP contribution in [0.15, 0.2) is 36.9 Å². The number of carbonyl (C=O) groups excluding carboxylic acids is 1. The zero-order valence-electron chi connectivity index (χ0n) is 13.9. The highest BCUT2D eigenvalue weighted by Crippen LogP contribution is 2.58. The molecule has 25 heavy (non-hydrogen) atoms. The van der Waals surface area contributed by atoms with Gasteiger partial charge in [0.25, 0.3) is 0 Å². The summed E-state index contributed by atoms with van der Waals surface area (Å²) in [5.74, 6) is 0.371. The molecule has 8 heteroatoms. The summed E-state index contributed by atoms with van der Waals surface area (Å²) in [5, 5.41) is 10.5. The smallest absolute Gasteiger partial charge is 0.228 e. The molecule has 1 aliphatic carbocycles. The van der Waals surface area contributed by atoms with E-state index in [1.54, 1.807) is 11.0 Å². The van der Waals surface area contributed by atoms with Crippen LogP contribution in [0.5, 0.6) is 0 Å². The third kappa shape index (κ3) is 4.32. The maximum absolute atomic E-state index is 12.4. The quantitative estimate of drug-likeness (QED) is 0.850. The van der Waals surface area contributed by atoms with Gasteiger partial charge in [0.2, 0.25) is 5.91 Å². The van der Waals surface area contributed by atoms with Gasteiger partial charge in [0.05, 0.1) is 6.54 Å². The summed E-state index contributed by atoms with van der Waals surface area (Å²) in [6.07, 6.45) is 6.52. The molecule has 1 saturated carbocycles. The highest BCUT2D eigenvalue weighted by atomic mass is 35.5. The predicted octanol–water partition coefficient (Wildman–Crippen LogP) is 2.50. The van der Waals surface area contributed by atoms with Crippen molar-refractivity contribution in [1.82, 2.24) is 20.1 Å². The molecule has 2 fully saturated rings. The molecule has 1 aromatic carbocycles. The molecule has 0 radical (unpaired) electrons. The Hall–Kier alpha value is -1.63.